The number of nitrogens with two attached hydrogens (primary N) is 2. The average Bonchev–Trinajstić information content (AvgIpc) is 2.30. The third kappa shape index (κ3) is 10.7. The number of Topliss-reactive ketones (excluding diaryl/α,β-unsaturated/α-hetero) is 2. The smallest absolute Gasteiger partial charge is 0.313 e. The van der Waals surface area contributed by atoms with Crippen LogP contribution in [0.4, 0.5) is 0 Å². The van der Waals surface area contributed by atoms with Crippen LogP contribution in [0.25, 0.3) is 0 Å². The van der Waals surface area contributed by atoms with Gasteiger partial charge >= 0.3 is 5.97 Å². The van der Waals surface area contributed by atoms with E-state index in [1.54, 1.807) is 43.6 Å². The largest absolute Gasteiger partial charge is 0.508 e. The number of nitrogens with zero attached hydrogens (tertiary/aromatic N) is 1. The summed E-state index contributed by atoms with van der Waals surface area (Å²) in [6.45, 7) is 5.09. The van der Waals surface area contributed by atoms with E-state index in [1.165, 1.54) is 27.2 Å². The highest BCUT2D eigenvalue weighted by Gasteiger charge is 2.75. The Kier molecular flexibility index (Phi) is 17.5. The van der Waals surface area contributed by atoms with E-state index in [-0.39, 0.29) is 123 Å². The van der Waals surface area contributed by atoms with Crippen LogP contribution in [0.1, 0.15) is 127 Å². The van der Waals surface area contributed by atoms with Crippen LogP contribution in [0.15, 0.2) is 70.6 Å². The van der Waals surface area contributed by atoms with Crippen LogP contribution in [0, 0.1) is 93.7 Å². The van der Waals surface area contributed by atoms with Gasteiger partial charge in [-0.25, -0.2) is 0 Å². The number of guanidine groups is 1. The van der Waals surface area contributed by atoms with Crippen molar-refractivity contribution in [1.29, 1.82) is 0 Å². The Morgan fingerprint density at radius 2 is 1.70 bits per heavy atom. The topological polar surface area (TPSA) is 335 Å². The lowest BCUT2D eigenvalue weighted by molar-refractivity contribution is -0.199. The van der Waals surface area contributed by atoms with Crippen LogP contribution in [0.5, 0.6) is 5.75 Å². The summed E-state index contributed by atoms with van der Waals surface area (Å²) in [5.41, 5.74) is 8.45. The lowest BCUT2D eigenvalue weighted by atomic mass is 9.43. The molecule has 0 unspecified atom stereocenters. The van der Waals surface area contributed by atoms with Gasteiger partial charge in [-0.3, -0.25) is 19.4 Å². The fourth-order valence-corrected chi connectivity index (χ4v) is 21.7. The van der Waals surface area contributed by atoms with E-state index < -0.39 is 124 Å². The van der Waals surface area contributed by atoms with Crippen molar-refractivity contribution >= 4 is 45.1 Å². The fourth-order valence-electron chi connectivity index (χ4n) is 18.9. The molecule has 20 heteroatoms. The number of aromatic amines is 1. The van der Waals surface area contributed by atoms with Crippen molar-refractivity contribution in [3.8, 4) is 17.6 Å². The number of fused-ring (bicyclic) bond motifs is 10. The molecule has 0 amide bonds. The summed E-state index contributed by atoms with van der Waals surface area (Å²) in [6, 6.07) is 7.12. The minimum Gasteiger partial charge on any atom is -0.508 e. The highest BCUT2D eigenvalue weighted by atomic mass is 33.1. The molecular weight excluding hydrogens is 1110 g/mol. The number of ketones is 2. The van der Waals surface area contributed by atoms with Crippen molar-refractivity contribution in [3.05, 3.63) is 76.8 Å². The van der Waals surface area contributed by atoms with Gasteiger partial charge in [0.15, 0.2) is 23.8 Å². The number of allylic oxidation sites excluding steroid dienone is 3. The number of aliphatic hydroxyl groups excluding tert-OH is 5. The predicted octanol–water partition coefficient (Wildman–Crippen LogP) is 4.53. The number of carbonyl (C=O) groups excluding carboxylic acids is 3. The van der Waals surface area contributed by atoms with Gasteiger partial charge in [0.1, 0.15) is 11.8 Å². The van der Waals surface area contributed by atoms with Crippen molar-refractivity contribution < 1.29 is 65.1 Å². The van der Waals surface area contributed by atoms with Gasteiger partial charge in [0.05, 0.1) is 54.3 Å². The number of aromatic nitrogens is 1. The molecule has 1 aromatic heterocycles. The molecule has 2 aromatic rings. The van der Waals surface area contributed by atoms with Crippen LogP contribution in [0.3, 0.4) is 0 Å². The lowest BCUT2D eigenvalue weighted by Gasteiger charge is -2.63. The number of phenolic OH excluding ortho intramolecular Hbond substituents is 1. The summed E-state index contributed by atoms with van der Waals surface area (Å²) in [4.78, 5) is 52.5. The second kappa shape index (κ2) is 23.9. The van der Waals surface area contributed by atoms with Crippen molar-refractivity contribution in [3.63, 3.8) is 0 Å². The van der Waals surface area contributed by atoms with Gasteiger partial charge in [0.25, 0.3) is 0 Å². The Bertz CT molecular complexity index is 2940. The number of aliphatic imine (C=N–C) groups is 1. The van der Waals surface area contributed by atoms with Crippen molar-refractivity contribution in [2.24, 2.45) is 98.3 Å². The first-order chi connectivity index (χ1) is 40.0. The van der Waals surface area contributed by atoms with E-state index in [1.807, 2.05) is 13.0 Å². The molecule has 84 heavy (non-hydrogen) atoms. The molecule has 458 valence electrons. The first kappa shape index (κ1) is 61.3. The number of ether oxygens (including phenoxy) is 1. The van der Waals surface area contributed by atoms with E-state index in [4.69, 9.17) is 16.2 Å². The molecule has 4 saturated carbocycles. The van der Waals surface area contributed by atoms with Crippen LogP contribution in [-0.4, -0.2) is 148 Å². The number of hydrogen-bond donors (Lipinski definition) is 13. The number of aromatic hydroxyl groups is 1. The van der Waals surface area contributed by atoms with Gasteiger partial charge in [0.2, 0.25) is 0 Å². The zero-order chi connectivity index (χ0) is 59.8. The van der Waals surface area contributed by atoms with Crippen LogP contribution in [-0.2, 0) is 19.1 Å². The maximum absolute atomic E-state index is 16.2. The molecule has 6 fully saturated rings. The molecule has 15 N–H and O–H groups in total. The van der Waals surface area contributed by atoms with Crippen LogP contribution in [0.2, 0.25) is 0 Å². The second-order valence-corrected chi connectivity index (χ2v) is 29.8. The molecule has 2 aliphatic heterocycles. The van der Waals surface area contributed by atoms with Gasteiger partial charge in [-0.2, -0.15) is 0 Å². The maximum atomic E-state index is 16.2. The normalized spacial score (nSPS) is 43.5. The zero-order valence-electron chi connectivity index (χ0n) is 48.4. The van der Waals surface area contributed by atoms with E-state index in [9.17, 15) is 55.5 Å². The SMILES string of the molecule is C[C@@H]1CCC2=CC[C@@H]3[C@@H](C[C@H]([C@@H]4COC(=O)[C@@H]4c4cc[nH]c4)C#CC[C@H]4C[C@@]5(O)C6=C7N[C@H](CO)C(=O)C[C@@H](c8ccc(O)cc8)CSSC[C@H]8[C@@H](O)[C@@H](O)C[C@@](C)([C@@H]8C7=O)[C@H]6CC[C@]5(CCN=C(N)N)[C@H]4[C@@](C)(O)[C@H](O)C[C@H]3C(O)O)[C@H]2C1. The average molecular weight is 1200 g/mol. The monoisotopic (exact) mass is 1200 g/mol. The fraction of sp³-hybridized carbons (Fsp3) is 0.688. The first-order valence-electron chi connectivity index (χ1n) is 30.6. The lowest BCUT2D eigenvalue weighted by Crippen LogP contribution is -2.67. The molecule has 7 aliphatic carbocycles. The number of phenols is 1. The van der Waals surface area contributed by atoms with Gasteiger partial charge in [-0.05, 0) is 153 Å². The number of benzene rings is 1. The first-order valence-corrected chi connectivity index (χ1v) is 33.1. The molecule has 2 saturated heterocycles. The number of aliphatic hydroxyl groups is 8. The minimum atomic E-state index is -2.11. The third-order valence-corrected chi connectivity index (χ3v) is 25.3. The zero-order valence-corrected chi connectivity index (χ0v) is 50.0. The number of esters is 1. The second-order valence-electron chi connectivity index (χ2n) is 27.2. The van der Waals surface area contributed by atoms with E-state index in [2.05, 4.69) is 40.1 Å². The van der Waals surface area contributed by atoms with Crippen molar-refractivity contribution in [2.75, 3.05) is 31.3 Å². The molecule has 3 heterocycles. The molecule has 0 spiro atoms. The summed E-state index contributed by atoms with van der Waals surface area (Å²) in [7, 11) is 2.93. The quantitative estimate of drug-likeness (QED) is 0.0328. The van der Waals surface area contributed by atoms with Gasteiger partial charge in [0, 0.05) is 90.1 Å². The van der Waals surface area contributed by atoms with Crippen LogP contribution < -0.4 is 16.8 Å². The highest BCUT2D eigenvalue weighted by Crippen LogP contribution is 2.73. The Morgan fingerprint density at radius 1 is 0.940 bits per heavy atom. The number of H-pyrrole nitrogens is 1. The molecule has 9 aliphatic rings. The molecular formula is C64H87N5O13S2. The maximum Gasteiger partial charge on any atom is 0.313 e. The Balaban J connectivity index is 1.09. The molecule has 1 aromatic carbocycles. The number of carbonyl (C=O) groups is 3. The molecule has 2 bridgehead atoms. The van der Waals surface area contributed by atoms with Crippen molar-refractivity contribution in [2.45, 2.75) is 158 Å². The predicted molar refractivity (Wildman–Crippen MR) is 318 cm³/mol. The third-order valence-electron chi connectivity index (χ3n) is 22.8. The van der Waals surface area contributed by atoms with Gasteiger partial charge < -0.3 is 72.5 Å². The van der Waals surface area contributed by atoms with E-state index in [0.29, 0.717) is 24.5 Å². The van der Waals surface area contributed by atoms with Crippen molar-refractivity contribution in [1.82, 2.24) is 10.3 Å². The summed E-state index contributed by atoms with van der Waals surface area (Å²) in [6.07, 6.45) is 3.74. The number of hydrogen-bond acceptors (Lipinski definition) is 17. The highest BCUT2D eigenvalue weighted by molar-refractivity contribution is 8.76. The number of cyclic esters (lactones) is 1. The molecule has 22 atom stereocenters. The van der Waals surface area contributed by atoms with Gasteiger partial charge in [-0.15, -0.1) is 5.92 Å². The van der Waals surface area contributed by atoms with Gasteiger partial charge in [-0.1, -0.05) is 65.1 Å². The Labute approximate surface area is 499 Å². The molecule has 0 radical (unpaired) electrons. The standard InChI is InChI=1S/C64H87N5O13S2/c1-32-7-8-34-11-14-40-42(41(34)21-32)22-35(44-29-82-59(79)51(44)37-16-19-67-27-37)5-4-6-36-25-64(81)53-46(15-17-63(64,18-20-68-60(65)66)57(36)62(3,80)50(74)24-43(40)58(77)78)61(2)26-49(73)55(75)45-31-84-83-30-38(33-9-12-39(71)13-10-33)23-48(72)47(28-70)69-54(53)56(76)52(45)61/h9-13,16,19,27,32,35-36,38,40-47,49-52,55,57-58,67,69-71,73-75,77-78,80-81H,6-8,14-15,17-18,20-26,28-31H2,1-3H3,(H4,65,66,68)/t32-,35-,36+,38-,40-,41+,42-,43-,44+,45-,46+,47-,49+,50-,51-,52+,55-,57-,61-,62+,63+,64-/m1/s1. The van der Waals surface area contributed by atoms with E-state index >= 15 is 4.79 Å². The Hall–Kier alpha value is -4.40. The molecule has 11 rings (SSSR count). The molecule has 18 nitrogen and oxygen atoms in total. The Morgan fingerprint density at radius 3 is 2.42 bits per heavy atom. The summed E-state index contributed by atoms with van der Waals surface area (Å²) < 4.78 is 5.91. The minimum absolute atomic E-state index is 0.000528. The van der Waals surface area contributed by atoms with E-state index in [0.717, 1.165) is 30.4 Å². The number of rotatable bonds is 8. The summed E-state index contributed by atoms with van der Waals surface area (Å²) >= 11 is 0. The summed E-state index contributed by atoms with van der Waals surface area (Å²) in [5.74, 6) is -0.419. The van der Waals surface area contributed by atoms with Crippen LogP contribution >= 0.6 is 21.6 Å². The number of nitrogens with one attached hydrogen (secondary N) is 2. The summed E-state index contributed by atoms with van der Waals surface area (Å²) in [5, 5.41) is 114.